The van der Waals surface area contributed by atoms with Gasteiger partial charge in [-0.1, -0.05) is 5.21 Å². The number of carboxylic acids is 1. The Bertz CT molecular complexity index is 410. The molecule has 2 unspecified atom stereocenters. The fraction of sp³-hybridized carbons (Fsp3) is 0.727. The van der Waals surface area contributed by atoms with E-state index >= 15 is 0 Å². The molecule has 0 spiro atoms. The molecule has 0 bridgehead atoms. The van der Waals surface area contributed by atoms with Crippen LogP contribution in [0.2, 0.25) is 0 Å². The summed E-state index contributed by atoms with van der Waals surface area (Å²) in [5.41, 5.74) is -0.0151. The molecule has 2 heterocycles. The first-order valence-corrected chi connectivity index (χ1v) is 6.06. The third-order valence-corrected chi connectivity index (χ3v) is 2.90. The zero-order valence-electron chi connectivity index (χ0n) is 10.6. The van der Waals surface area contributed by atoms with E-state index in [2.05, 4.69) is 29.1 Å². The van der Waals surface area contributed by atoms with E-state index in [9.17, 15) is 4.79 Å². The summed E-state index contributed by atoms with van der Waals surface area (Å²) in [5.74, 6) is -1.05. The SMILES string of the molecule is CC1CN(CCn2cc(C(=O)O)nn2)CC(C)O1. The van der Waals surface area contributed by atoms with Gasteiger partial charge in [0.15, 0.2) is 5.69 Å². The molecule has 0 radical (unpaired) electrons. The van der Waals surface area contributed by atoms with Crippen molar-refractivity contribution in [3.63, 3.8) is 0 Å². The highest BCUT2D eigenvalue weighted by Gasteiger charge is 2.21. The Morgan fingerprint density at radius 2 is 2.11 bits per heavy atom. The van der Waals surface area contributed by atoms with Crippen LogP contribution >= 0.6 is 0 Å². The van der Waals surface area contributed by atoms with Gasteiger partial charge in [0.1, 0.15) is 0 Å². The molecular weight excluding hydrogens is 236 g/mol. The van der Waals surface area contributed by atoms with Gasteiger partial charge >= 0.3 is 5.97 Å². The molecule has 1 aliphatic heterocycles. The normalized spacial score (nSPS) is 25.2. The van der Waals surface area contributed by atoms with Crippen molar-refractivity contribution in [2.75, 3.05) is 19.6 Å². The van der Waals surface area contributed by atoms with Gasteiger partial charge in [-0.15, -0.1) is 5.10 Å². The van der Waals surface area contributed by atoms with Gasteiger partial charge in [-0.05, 0) is 13.8 Å². The average Bonchev–Trinajstić information content (AvgIpc) is 2.73. The van der Waals surface area contributed by atoms with Gasteiger partial charge in [-0.2, -0.15) is 0 Å². The van der Waals surface area contributed by atoms with Crippen molar-refractivity contribution in [2.45, 2.75) is 32.6 Å². The second-order valence-electron chi connectivity index (χ2n) is 4.69. The van der Waals surface area contributed by atoms with Crippen LogP contribution in [0, 0.1) is 0 Å². The molecule has 1 aliphatic rings. The predicted molar refractivity (Wildman–Crippen MR) is 63.4 cm³/mol. The van der Waals surface area contributed by atoms with E-state index in [1.165, 1.54) is 6.20 Å². The van der Waals surface area contributed by atoms with Gasteiger partial charge in [0.05, 0.1) is 24.9 Å². The quantitative estimate of drug-likeness (QED) is 0.820. The van der Waals surface area contributed by atoms with Gasteiger partial charge in [0, 0.05) is 19.6 Å². The minimum atomic E-state index is -1.05. The van der Waals surface area contributed by atoms with E-state index in [-0.39, 0.29) is 17.9 Å². The van der Waals surface area contributed by atoms with Crippen molar-refractivity contribution in [1.29, 1.82) is 0 Å². The Morgan fingerprint density at radius 1 is 1.44 bits per heavy atom. The average molecular weight is 254 g/mol. The summed E-state index contributed by atoms with van der Waals surface area (Å²) in [6, 6.07) is 0. The lowest BCUT2D eigenvalue weighted by atomic mass is 10.2. The van der Waals surface area contributed by atoms with Crippen molar-refractivity contribution in [2.24, 2.45) is 0 Å². The van der Waals surface area contributed by atoms with Crippen LogP contribution in [0.3, 0.4) is 0 Å². The van der Waals surface area contributed by atoms with Crippen LogP contribution in [0.4, 0.5) is 0 Å². The molecule has 1 aromatic heterocycles. The number of aromatic carboxylic acids is 1. The maximum atomic E-state index is 10.7. The Kier molecular flexibility index (Phi) is 3.93. The third kappa shape index (κ3) is 3.27. The standard InChI is InChI=1S/C11H18N4O3/c1-8-5-14(6-9(2)18-8)3-4-15-7-10(11(16)17)12-13-15/h7-9H,3-6H2,1-2H3,(H,16,17). The first-order valence-electron chi connectivity index (χ1n) is 6.06. The third-order valence-electron chi connectivity index (χ3n) is 2.90. The lowest BCUT2D eigenvalue weighted by molar-refractivity contribution is -0.0687. The molecular formula is C11H18N4O3. The highest BCUT2D eigenvalue weighted by molar-refractivity contribution is 5.84. The highest BCUT2D eigenvalue weighted by Crippen LogP contribution is 2.10. The number of hydrogen-bond acceptors (Lipinski definition) is 5. The molecule has 0 amide bonds. The Morgan fingerprint density at radius 3 is 2.67 bits per heavy atom. The number of carbonyl (C=O) groups is 1. The van der Waals surface area contributed by atoms with Crippen molar-refractivity contribution in [3.05, 3.63) is 11.9 Å². The first-order chi connectivity index (χ1) is 8.54. The van der Waals surface area contributed by atoms with Gasteiger partial charge < -0.3 is 9.84 Å². The van der Waals surface area contributed by atoms with Crippen LogP contribution in [0.1, 0.15) is 24.3 Å². The molecule has 7 nitrogen and oxygen atoms in total. The molecule has 0 saturated carbocycles. The van der Waals surface area contributed by atoms with Crippen LogP contribution in [0.15, 0.2) is 6.20 Å². The molecule has 7 heteroatoms. The summed E-state index contributed by atoms with van der Waals surface area (Å²) in [6.07, 6.45) is 1.92. The predicted octanol–water partition coefficient (Wildman–Crippen LogP) is 0.0855. The number of ether oxygens (including phenoxy) is 1. The maximum Gasteiger partial charge on any atom is 0.358 e. The largest absolute Gasteiger partial charge is 0.476 e. The lowest BCUT2D eigenvalue weighted by Crippen LogP contribution is -2.46. The monoisotopic (exact) mass is 254 g/mol. The van der Waals surface area contributed by atoms with Crippen molar-refractivity contribution in [1.82, 2.24) is 19.9 Å². The van der Waals surface area contributed by atoms with Gasteiger partial charge in [-0.25, -0.2) is 4.79 Å². The summed E-state index contributed by atoms with van der Waals surface area (Å²) < 4.78 is 7.21. The van der Waals surface area contributed by atoms with Crippen molar-refractivity contribution >= 4 is 5.97 Å². The van der Waals surface area contributed by atoms with Crippen LogP contribution < -0.4 is 0 Å². The fourth-order valence-electron chi connectivity index (χ4n) is 2.22. The van der Waals surface area contributed by atoms with Crippen LogP contribution in [0.5, 0.6) is 0 Å². The minimum absolute atomic E-state index is 0.0151. The van der Waals surface area contributed by atoms with E-state index in [1.807, 2.05) is 0 Å². The zero-order chi connectivity index (χ0) is 13.1. The molecule has 2 rings (SSSR count). The smallest absolute Gasteiger partial charge is 0.358 e. The number of carboxylic acid groups (broad SMARTS) is 1. The molecule has 1 fully saturated rings. The van der Waals surface area contributed by atoms with E-state index < -0.39 is 5.97 Å². The van der Waals surface area contributed by atoms with Crippen LogP contribution in [0.25, 0.3) is 0 Å². The lowest BCUT2D eigenvalue weighted by Gasteiger charge is -2.35. The summed E-state index contributed by atoms with van der Waals surface area (Å²) in [6.45, 7) is 7.36. The highest BCUT2D eigenvalue weighted by atomic mass is 16.5. The van der Waals surface area contributed by atoms with Crippen molar-refractivity contribution in [3.8, 4) is 0 Å². The van der Waals surface area contributed by atoms with E-state index in [4.69, 9.17) is 9.84 Å². The molecule has 1 saturated heterocycles. The summed E-state index contributed by atoms with van der Waals surface area (Å²) in [5, 5.41) is 16.1. The number of aromatic nitrogens is 3. The Labute approximate surface area is 105 Å². The maximum absolute atomic E-state index is 10.7. The number of rotatable bonds is 4. The zero-order valence-corrected chi connectivity index (χ0v) is 10.6. The van der Waals surface area contributed by atoms with Crippen LogP contribution in [-0.2, 0) is 11.3 Å². The molecule has 0 aliphatic carbocycles. The Hall–Kier alpha value is -1.47. The topological polar surface area (TPSA) is 80.5 Å². The molecule has 1 aromatic rings. The molecule has 100 valence electrons. The minimum Gasteiger partial charge on any atom is -0.476 e. The van der Waals surface area contributed by atoms with Gasteiger partial charge in [-0.3, -0.25) is 9.58 Å². The molecule has 1 N–H and O–H groups in total. The fourth-order valence-corrected chi connectivity index (χ4v) is 2.22. The van der Waals surface area contributed by atoms with Crippen molar-refractivity contribution < 1.29 is 14.6 Å². The molecule has 0 aromatic carbocycles. The summed E-state index contributed by atoms with van der Waals surface area (Å²) in [7, 11) is 0. The number of nitrogens with zero attached hydrogens (tertiary/aromatic N) is 4. The summed E-state index contributed by atoms with van der Waals surface area (Å²) in [4.78, 5) is 13.0. The first kappa shape index (κ1) is 13.0. The molecule has 18 heavy (non-hydrogen) atoms. The van der Waals surface area contributed by atoms with Gasteiger partial charge in [0.25, 0.3) is 0 Å². The number of hydrogen-bond donors (Lipinski definition) is 1. The van der Waals surface area contributed by atoms with E-state index in [1.54, 1.807) is 4.68 Å². The van der Waals surface area contributed by atoms with Crippen LogP contribution in [-0.4, -0.2) is 62.8 Å². The second kappa shape index (κ2) is 5.45. The van der Waals surface area contributed by atoms with E-state index in [0.717, 1.165) is 19.6 Å². The molecule has 2 atom stereocenters. The number of morpholine rings is 1. The van der Waals surface area contributed by atoms with E-state index in [0.29, 0.717) is 6.54 Å². The second-order valence-corrected chi connectivity index (χ2v) is 4.69. The Balaban J connectivity index is 1.85. The van der Waals surface area contributed by atoms with Gasteiger partial charge in [0.2, 0.25) is 0 Å². The summed E-state index contributed by atoms with van der Waals surface area (Å²) >= 11 is 0.